The lowest BCUT2D eigenvalue weighted by molar-refractivity contribution is 0.0931. The molecule has 1 aromatic heterocycles. The molecule has 7 heteroatoms. The van der Waals surface area contributed by atoms with Crippen LogP contribution in [0.5, 0.6) is 0 Å². The highest BCUT2D eigenvalue weighted by atomic mass is 32.2. The summed E-state index contributed by atoms with van der Waals surface area (Å²) in [5, 5.41) is 4.56. The van der Waals surface area contributed by atoms with Crippen molar-refractivity contribution in [1.29, 1.82) is 0 Å². The van der Waals surface area contributed by atoms with Gasteiger partial charge in [0.25, 0.3) is 15.9 Å². The van der Waals surface area contributed by atoms with E-state index >= 15 is 0 Å². The van der Waals surface area contributed by atoms with E-state index in [2.05, 4.69) is 5.32 Å². The van der Waals surface area contributed by atoms with Crippen LogP contribution in [-0.4, -0.2) is 27.4 Å². The first kappa shape index (κ1) is 17.9. The molecule has 1 aliphatic carbocycles. The molecule has 1 aliphatic rings. The van der Waals surface area contributed by atoms with E-state index in [1.807, 2.05) is 6.07 Å². The fraction of sp³-hybridized carbons (Fsp3) is 0.389. The van der Waals surface area contributed by atoms with Crippen LogP contribution < -0.4 is 9.62 Å². The van der Waals surface area contributed by atoms with Crippen LogP contribution in [0.25, 0.3) is 0 Å². The fourth-order valence-corrected chi connectivity index (χ4v) is 5.37. The van der Waals surface area contributed by atoms with Gasteiger partial charge in [0.2, 0.25) is 0 Å². The Morgan fingerprint density at radius 1 is 1.16 bits per heavy atom. The summed E-state index contributed by atoms with van der Waals surface area (Å²) < 4.78 is 26.8. The van der Waals surface area contributed by atoms with E-state index in [-0.39, 0.29) is 16.8 Å². The molecule has 0 bridgehead atoms. The van der Waals surface area contributed by atoms with Gasteiger partial charge in [0, 0.05) is 18.5 Å². The maximum Gasteiger partial charge on any atom is 0.264 e. The van der Waals surface area contributed by atoms with Gasteiger partial charge in [-0.05, 0) is 31.0 Å². The van der Waals surface area contributed by atoms with Gasteiger partial charge in [0.15, 0.2) is 0 Å². The smallest absolute Gasteiger partial charge is 0.264 e. The standard InChI is InChI=1S/C18H22N2O3S2/c1-20(15-10-6-3-7-11-15)25(22,23)16-12-17(24-13-16)18(21)19-14-8-4-2-5-9-14/h3,6-7,10-14H,2,4-5,8-9H2,1H3,(H,19,21). The van der Waals surface area contributed by atoms with Crippen molar-refractivity contribution in [1.82, 2.24) is 5.32 Å². The number of hydrogen-bond donors (Lipinski definition) is 1. The summed E-state index contributed by atoms with van der Waals surface area (Å²) in [5.74, 6) is -0.180. The zero-order valence-corrected chi connectivity index (χ0v) is 15.8. The molecule has 0 aliphatic heterocycles. The number of rotatable bonds is 5. The van der Waals surface area contributed by atoms with Crippen molar-refractivity contribution < 1.29 is 13.2 Å². The van der Waals surface area contributed by atoms with Gasteiger partial charge in [0.1, 0.15) is 0 Å². The van der Waals surface area contributed by atoms with Crippen molar-refractivity contribution >= 4 is 33.0 Å². The molecule has 1 heterocycles. The van der Waals surface area contributed by atoms with E-state index in [9.17, 15) is 13.2 Å². The van der Waals surface area contributed by atoms with Crippen molar-refractivity contribution in [2.24, 2.45) is 0 Å². The van der Waals surface area contributed by atoms with Crippen molar-refractivity contribution in [3.05, 3.63) is 46.7 Å². The number of thiophene rings is 1. The number of carbonyl (C=O) groups excluding carboxylic acids is 1. The van der Waals surface area contributed by atoms with Crippen LogP contribution in [0.4, 0.5) is 5.69 Å². The van der Waals surface area contributed by atoms with E-state index in [1.165, 1.54) is 40.6 Å². The molecule has 1 N–H and O–H groups in total. The van der Waals surface area contributed by atoms with E-state index in [1.54, 1.807) is 24.3 Å². The molecule has 0 atom stereocenters. The predicted molar refractivity (Wildman–Crippen MR) is 101 cm³/mol. The van der Waals surface area contributed by atoms with Gasteiger partial charge in [0.05, 0.1) is 15.5 Å². The maximum atomic E-state index is 12.8. The van der Waals surface area contributed by atoms with Gasteiger partial charge in [-0.1, -0.05) is 37.5 Å². The van der Waals surface area contributed by atoms with Gasteiger partial charge in [-0.3, -0.25) is 9.10 Å². The van der Waals surface area contributed by atoms with Crippen molar-refractivity contribution in [3.8, 4) is 0 Å². The minimum Gasteiger partial charge on any atom is -0.349 e. The van der Waals surface area contributed by atoms with Crippen LogP contribution >= 0.6 is 11.3 Å². The molecule has 1 saturated carbocycles. The lowest BCUT2D eigenvalue weighted by Crippen LogP contribution is -2.35. The Bertz CT molecular complexity index is 825. The molecule has 2 aromatic rings. The first-order valence-electron chi connectivity index (χ1n) is 8.42. The average Bonchev–Trinajstić information content (AvgIpc) is 3.14. The van der Waals surface area contributed by atoms with Crippen LogP contribution in [-0.2, 0) is 10.0 Å². The van der Waals surface area contributed by atoms with E-state index < -0.39 is 10.0 Å². The fourth-order valence-electron chi connectivity index (χ4n) is 3.01. The number of nitrogens with one attached hydrogen (secondary N) is 1. The van der Waals surface area contributed by atoms with Crippen molar-refractivity contribution in [2.45, 2.75) is 43.0 Å². The Balaban J connectivity index is 1.74. The van der Waals surface area contributed by atoms with E-state index in [4.69, 9.17) is 0 Å². The summed E-state index contributed by atoms with van der Waals surface area (Å²) in [6.07, 6.45) is 5.49. The predicted octanol–water partition coefficient (Wildman–Crippen LogP) is 3.64. The zero-order chi connectivity index (χ0) is 17.9. The highest BCUT2D eigenvalue weighted by Crippen LogP contribution is 2.26. The molecule has 0 unspecified atom stereocenters. The average molecular weight is 379 g/mol. The molecule has 1 fully saturated rings. The van der Waals surface area contributed by atoms with E-state index in [0.717, 1.165) is 25.7 Å². The van der Waals surface area contributed by atoms with Gasteiger partial charge in [-0.2, -0.15) is 0 Å². The van der Waals surface area contributed by atoms with Crippen molar-refractivity contribution in [2.75, 3.05) is 11.4 Å². The summed E-state index contributed by atoms with van der Waals surface area (Å²) in [5.41, 5.74) is 0.585. The summed E-state index contributed by atoms with van der Waals surface area (Å²) in [6.45, 7) is 0. The van der Waals surface area contributed by atoms with Crippen LogP contribution in [0, 0.1) is 0 Å². The summed E-state index contributed by atoms with van der Waals surface area (Å²) in [7, 11) is -2.16. The SMILES string of the molecule is CN(c1ccccc1)S(=O)(=O)c1csc(C(=O)NC2CCCCC2)c1. The molecule has 1 amide bonds. The van der Waals surface area contributed by atoms with Crippen LogP contribution in [0.3, 0.4) is 0 Å². The first-order valence-corrected chi connectivity index (χ1v) is 10.7. The largest absolute Gasteiger partial charge is 0.349 e. The first-order chi connectivity index (χ1) is 12.0. The number of hydrogen-bond acceptors (Lipinski definition) is 4. The number of anilines is 1. The summed E-state index contributed by atoms with van der Waals surface area (Å²) in [6, 6.07) is 10.6. The molecular formula is C18H22N2O3S2. The van der Waals surface area contributed by atoms with E-state index in [0.29, 0.717) is 10.6 Å². The second kappa shape index (κ2) is 7.58. The van der Waals surface area contributed by atoms with Gasteiger partial charge in [-0.15, -0.1) is 11.3 Å². The number of amides is 1. The number of nitrogens with zero attached hydrogens (tertiary/aromatic N) is 1. The third kappa shape index (κ3) is 4.04. The van der Waals surface area contributed by atoms with Crippen molar-refractivity contribution in [3.63, 3.8) is 0 Å². The minimum atomic E-state index is -3.67. The number of carbonyl (C=O) groups is 1. The quantitative estimate of drug-likeness (QED) is 0.864. The molecule has 0 saturated heterocycles. The second-order valence-electron chi connectivity index (χ2n) is 6.26. The lowest BCUT2D eigenvalue weighted by Gasteiger charge is -2.22. The van der Waals surface area contributed by atoms with Gasteiger partial charge < -0.3 is 5.32 Å². The highest BCUT2D eigenvalue weighted by molar-refractivity contribution is 7.93. The monoisotopic (exact) mass is 378 g/mol. The zero-order valence-electron chi connectivity index (χ0n) is 14.1. The Labute approximate surface area is 152 Å². The molecule has 3 rings (SSSR count). The Kier molecular flexibility index (Phi) is 5.44. The van der Waals surface area contributed by atoms with Crippen LogP contribution in [0.1, 0.15) is 41.8 Å². The molecule has 5 nitrogen and oxygen atoms in total. The third-order valence-corrected chi connectivity index (χ3v) is 7.36. The molecular weight excluding hydrogens is 356 g/mol. The normalized spacial score (nSPS) is 15.7. The van der Waals surface area contributed by atoms with Gasteiger partial charge in [-0.25, -0.2) is 8.42 Å². The highest BCUT2D eigenvalue weighted by Gasteiger charge is 2.25. The maximum absolute atomic E-state index is 12.8. The van der Waals surface area contributed by atoms with Gasteiger partial charge >= 0.3 is 0 Å². The molecule has 25 heavy (non-hydrogen) atoms. The Hall–Kier alpha value is -1.86. The van der Waals surface area contributed by atoms with Crippen LogP contribution in [0.2, 0.25) is 0 Å². The second-order valence-corrected chi connectivity index (χ2v) is 9.14. The molecule has 134 valence electrons. The molecule has 0 spiro atoms. The number of sulfonamides is 1. The van der Waals surface area contributed by atoms with Crippen LogP contribution in [0.15, 0.2) is 46.7 Å². The Morgan fingerprint density at radius 2 is 1.84 bits per heavy atom. The number of para-hydroxylation sites is 1. The molecule has 1 aromatic carbocycles. The Morgan fingerprint density at radius 3 is 2.52 bits per heavy atom. The topological polar surface area (TPSA) is 66.5 Å². The molecule has 0 radical (unpaired) electrons. The lowest BCUT2D eigenvalue weighted by atomic mass is 9.95. The number of benzene rings is 1. The third-order valence-electron chi connectivity index (χ3n) is 4.52. The minimum absolute atomic E-state index is 0.151. The summed E-state index contributed by atoms with van der Waals surface area (Å²) in [4.78, 5) is 13.0. The summed E-state index contributed by atoms with van der Waals surface area (Å²) >= 11 is 1.17.